The number of rotatable bonds is 8. The van der Waals surface area contributed by atoms with Gasteiger partial charge in [0.2, 0.25) is 0 Å². The zero-order chi connectivity index (χ0) is 13.5. The number of hydrogen-bond donors (Lipinski definition) is 2. The van der Waals surface area contributed by atoms with Gasteiger partial charge in [0.25, 0.3) is 0 Å². The van der Waals surface area contributed by atoms with Crippen molar-refractivity contribution >= 4 is 0 Å². The van der Waals surface area contributed by atoms with Crippen LogP contribution in [-0.4, -0.2) is 27.5 Å². The Morgan fingerprint density at radius 3 is 2.61 bits per heavy atom. The second kappa shape index (κ2) is 7.54. The predicted octanol–water partition coefficient (Wildman–Crippen LogP) is 1.96. The van der Waals surface area contributed by atoms with Crippen molar-refractivity contribution < 1.29 is 5.11 Å². The summed E-state index contributed by atoms with van der Waals surface area (Å²) in [5.41, 5.74) is 2.34. The molecule has 0 aliphatic heterocycles. The van der Waals surface area contributed by atoms with E-state index < -0.39 is 0 Å². The molecule has 1 unspecified atom stereocenters. The monoisotopic (exact) mass is 253 g/mol. The predicted molar refractivity (Wildman–Crippen MR) is 74.4 cm³/mol. The van der Waals surface area contributed by atoms with Gasteiger partial charge in [-0.25, -0.2) is 0 Å². The lowest BCUT2D eigenvalue weighted by molar-refractivity contribution is 0.222. The highest BCUT2D eigenvalue weighted by atomic mass is 16.3. The molecule has 104 valence electrons. The second-order valence-corrected chi connectivity index (χ2v) is 5.19. The Balaban J connectivity index is 2.58. The fourth-order valence-corrected chi connectivity index (χ4v) is 2.14. The van der Waals surface area contributed by atoms with E-state index in [0.29, 0.717) is 5.92 Å². The van der Waals surface area contributed by atoms with Crippen molar-refractivity contribution in [3.63, 3.8) is 0 Å². The van der Waals surface area contributed by atoms with Gasteiger partial charge in [-0.1, -0.05) is 20.8 Å². The molecule has 4 nitrogen and oxygen atoms in total. The van der Waals surface area contributed by atoms with Crippen molar-refractivity contribution in [1.29, 1.82) is 0 Å². The quantitative estimate of drug-likeness (QED) is 0.744. The molecule has 0 radical (unpaired) electrons. The third-order valence-corrected chi connectivity index (χ3v) is 3.12. The second-order valence-electron chi connectivity index (χ2n) is 5.19. The summed E-state index contributed by atoms with van der Waals surface area (Å²) in [6.45, 7) is 10.4. The van der Waals surface area contributed by atoms with Crippen LogP contribution in [0.5, 0.6) is 0 Å². The summed E-state index contributed by atoms with van der Waals surface area (Å²) in [5.74, 6) is 0.594. The molecule has 0 fully saturated rings. The average Bonchev–Trinajstić information content (AvgIpc) is 2.76. The molecule has 1 aromatic rings. The number of aromatic nitrogens is 2. The zero-order valence-electron chi connectivity index (χ0n) is 12.1. The molecule has 0 aromatic carbocycles. The summed E-state index contributed by atoms with van der Waals surface area (Å²) in [6.07, 6.45) is 1.97. The standard InChI is InChI=1S/C14H27N3O/c1-5-12-8-14(17(6-2)16-12)9-15-13(10-18)7-11(3)4/h8,11,13,15,18H,5-7,9-10H2,1-4H3. The van der Waals surface area contributed by atoms with Crippen LogP contribution in [0.3, 0.4) is 0 Å². The van der Waals surface area contributed by atoms with E-state index in [1.807, 2.05) is 4.68 Å². The molecule has 0 saturated carbocycles. The minimum Gasteiger partial charge on any atom is -0.395 e. The summed E-state index contributed by atoms with van der Waals surface area (Å²) >= 11 is 0. The van der Waals surface area contributed by atoms with Crippen LogP contribution in [0.2, 0.25) is 0 Å². The topological polar surface area (TPSA) is 50.1 Å². The van der Waals surface area contributed by atoms with Gasteiger partial charge in [-0.15, -0.1) is 0 Å². The molecule has 1 rings (SSSR count). The first-order valence-electron chi connectivity index (χ1n) is 7.00. The van der Waals surface area contributed by atoms with Crippen molar-refractivity contribution in [2.24, 2.45) is 5.92 Å². The molecule has 0 aliphatic rings. The molecule has 0 saturated heterocycles. The van der Waals surface area contributed by atoms with E-state index in [-0.39, 0.29) is 12.6 Å². The lowest BCUT2D eigenvalue weighted by Gasteiger charge is -2.18. The first-order valence-corrected chi connectivity index (χ1v) is 7.00. The summed E-state index contributed by atoms with van der Waals surface area (Å²) < 4.78 is 2.04. The van der Waals surface area contributed by atoms with Crippen molar-refractivity contribution in [3.8, 4) is 0 Å². The average molecular weight is 253 g/mol. The first-order chi connectivity index (χ1) is 8.60. The van der Waals surface area contributed by atoms with Gasteiger partial charge in [0.05, 0.1) is 18.0 Å². The number of hydrogen-bond acceptors (Lipinski definition) is 3. The molecule has 1 aromatic heterocycles. The minimum atomic E-state index is 0.176. The maximum atomic E-state index is 9.35. The number of aliphatic hydroxyl groups excluding tert-OH is 1. The van der Waals surface area contributed by atoms with Crippen LogP contribution in [-0.2, 0) is 19.5 Å². The van der Waals surface area contributed by atoms with Gasteiger partial charge < -0.3 is 10.4 Å². The van der Waals surface area contributed by atoms with Gasteiger partial charge >= 0.3 is 0 Å². The van der Waals surface area contributed by atoms with Crippen molar-refractivity contribution in [2.75, 3.05) is 6.61 Å². The molecular formula is C14H27N3O. The lowest BCUT2D eigenvalue weighted by atomic mass is 10.0. The van der Waals surface area contributed by atoms with Crippen LogP contribution in [0.15, 0.2) is 6.07 Å². The Bertz CT molecular complexity index is 347. The van der Waals surface area contributed by atoms with E-state index in [9.17, 15) is 5.11 Å². The molecule has 4 heteroatoms. The van der Waals surface area contributed by atoms with E-state index in [1.54, 1.807) is 0 Å². The zero-order valence-corrected chi connectivity index (χ0v) is 12.1. The van der Waals surface area contributed by atoms with Crippen LogP contribution in [0.4, 0.5) is 0 Å². The third kappa shape index (κ3) is 4.42. The van der Waals surface area contributed by atoms with Gasteiger partial charge in [0.1, 0.15) is 0 Å². The van der Waals surface area contributed by atoms with Gasteiger partial charge in [0.15, 0.2) is 0 Å². The highest BCUT2D eigenvalue weighted by Crippen LogP contribution is 2.08. The van der Waals surface area contributed by atoms with E-state index in [1.165, 1.54) is 5.69 Å². The Morgan fingerprint density at radius 2 is 2.11 bits per heavy atom. The first kappa shape index (κ1) is 15.2. The SMILES string of the molecule is CCc1cc(CNC(CO)CC(C)C)n(CC)n1. The number of nitrogens with one attached hydrogen (secondary N) is 1. The molecule has 18 heavy (non-hydrogen) atoms. The molecule has 1 heterocycles. The Labute approximate surface area is 110 Å². The fraction of sp³-hybridized carbons (Fsp3) is 0.786. The normalized spacial score (nSPS) is 13.2. The molecule has 2 N–H and O–H groups in total. The van der Waals surface area contributed by atoms with E-state index in [2.05, 4.69) is 44.2 Å². The van der Waals surface area contributed by atoms with E-state index in [0.717, 1.165) is 31.6 Å². The lowest BCUT2D eigenvalue weighted by Crippen LogP contribution is -2.33. The molecule has 0 spiro atoms. The number of aryl methyl sites for hydroxylation is 2. The summed E-state index contributed by atoms with van der Waals surface area (Å²) in [6, 6.07) is 2.33. The summed E-state index contributed by atoms with van der Waals surface area (Å²) in [7, 11) is 0. The Morgan fingerprint density at radius 1 is 1.39 bits per heavy atom. The van der Waals surface area contributed by atoms with E-state index >= 15 is 0 Å². The Hall–Kier alpha value is -0.870. The summed E-state index contributed by atoms with van der Waals surface area (Å²) in [5, 5.41) is 17.3. The van der Waals surface area contributed by atoms with Gasteiger partial charge in [-0.2, -0.15) is 5.10 Å². The van der Waals surface area contributed by atoms with Gasteiger partial charge in [-0.05, 0) is 31.7 Å². The maximum Gasteiger partial charge on any atom is 0.0625 e. The molecule has 0 aliphatic carbocycles. The Kier molecular flexibility index (Phi) is 6.36. The van der Waals surface area contributed by atoms with Crippen LogP contribution >= 0.6 is 0 Å². The van der Waals surface area contributed by atoms with Gasteiger partial charge in [0, 0.05) is 19.1 Å². The van der Waals surface area contributed by atoms with Crippen LogP contribution in [0, 0.1) is 5.92 Å². The molecule has 1 atom stereocenters. The van der Waals surface area contributed by atoms with Crippen LogP contribution in [0.25, 0.3) is 0 Å². The molecular weight excluding hydrogens is 226 g/mol. The highest BCUT2D eigenvalue weighted by molar-refractivity contribution is 5.10. The molecule has 0 amide bonds. The maximum absolute atomic E-state index is 9.35. The van der Waals surface area contributed by atoms with Crippen LogP contribution in [0.1, 0.15) is 45.5 Å². The minimum absolute atomic E-state index is 0.176. The fourth-order valence-electron chi connectivity index (χ4n) is 2.14. The largest absolute Gasteiger partial charge is 0.395 e. The number of aliphatic hydroxyl groups is 1. The third-order valence-electron chi connectivity index (χ3n) is 3.12. The van der Waals surface area contributed by atoms with Crippen molar-refractivity contribution in [3.05, 3.63) is 17.5 Å². The van der Waals surface area contributed by atoms with Crippen LogP contribution < -0.4 is 5.32 Å². The van der Waals surface area contributed by atoms with Gasteiger partial charge in [-0.3, -0.25) is 4.68 Å². The smallest absolute Gasteiger partial charge is 0.0625 e. The van der Waals surface area contributed by atoms with E-state index in [4.69, 9.17) is 0 Å². The summed E-state index contributed by atoms with van der Waals surface area (Å²) in [4.78, 5) is 0. The number of nitrogens with zero attached hydrogens (tertiary/aromatic N) is 2. The van der Waals surface area contributed by atoms with Crippen molar-refractivity contribution in [2.45, 2.75) is 59.7 Å². The highest BCUT2D eigenvalue weighted by Gasteiger charge is 2.11. The van der Waals surface area contributed by atoms with Crippen molar-refractivity contribution in [1.82, 2.24) is 15.1 Å². The molecule has 0 bridgehead atoms.